The Labute approximate surface area is 181 Å². The summed E-state index contributed by atoms with van der Waals surface area (Å²) in [6.07, 6.45) is 1.80. The Balaban J connectivity index is 1.46. The lowest BCUT2D eigenvalue weighted by Crippen LogP contribution is -2.44. The molecule has 2 amide bonds. The molecule has 1 aromatic carbocycles. The zero-order valence-electron chi connectivity index (χ0n) is 16.6. The molecular formula is C20H21FN6O3S. The van der Waals surface area contributed by atoms with Gasteiger partial charge >= 0.3 is 0 Å². The molecule has 1 N–H and O–H groups in total. The van der Waals surface area contributed by atoms with Crippen LogP contribution >= 0.6 is 11.3 Å². The third kappa shape index (κ3) is 5.30. The number of anilines is 1. The second-order valence-electron chi connectivity index (χ2n) is 6.99. The van der Waals surface area contributed by atoms with Gasteiger partial charge in [-0.25, -0.2) is 4.39 Å². The van der Waals surface area contributed by atoms with E-state index in [1.807, 2.05) is 17.5 Å². The van der Waals surface area contributed by atoms with E-state index in [9.17, 15) is 14.0 Å². The van der Waals surface area contributed by atoms with E-state index in [1.54, 1.807) is 6.07 Å². The number of carbonyl (C=O) groups is 2. The standard InChI is InChI=1S/C20H21FN6O3S/c21-15-6-1-2-7-16(15)26(12-18(28)22-11-14-5-3-9-30-14)19(29)13-27-24-20(23-25-27)17-8-4-10-31-17/h1-2,4,6-8,10,14H,3,5,9,11-13H2,(H,22,28)/t14-/m0/s1. The normalized spacial score (nSPS) is 15.7. The van der Waals surface area contributed by atoms with Gasteiger partial charge in [0.2, 0.25) is 11.7 Å². The van der Waals surface area contributed by atoms with Crippen LogP contribution in [0.3, 0.4) is 0 Å². The highest BCUT2D eigenvalue weighted by Gasteiger charge is 2.24. The van der Waals surface area contributed by atoms with Gasteiger partial charge in [-0.15, -0.1) is 21.5 Å². The molecule has 1 aliphatic heterocycles. The third-order valence-corrected chi connectivity index (χ3v) is 5.63. The summed E-state index contributed by atoms with van der Waals surface area (Å²) in [5, 5.41) is 16.7. The predicted molar refractivity (Wildman–Crippen MR) is 112 cm³/mol. The molecule has 2 aromatic heterocycles. The Morgan fingerprint density at radius 3 is 2.90 bits per heavy atom. The summed E-state index contributed by atoms with van der Waals surface area (Å²) in [4.78, 5) is 28.5. The van der Waals surface area contributed by atoms with Crippen molar-refractivity contribution in [2.45, 2.75) is 25.5 Å². The lowest BCUT2D eigenvalue weighted by atomic mass is 10.2. The largest absolute Gasteiger partial charge is 0.376 e. The van der Waals surface area contributed by atoms with Gasteiger partial charge in [0.05, 0.1) is 16.7 Å². The molecule has 0 aliphatic carbocycles. The van der Waals surface area contributed by atoms with Crippen molar-refractivity contribution < 1.29 is 18.7 Å². The van der Waals surface area contributed by atoms with Crippen LogP contribution in [0.15, 0.2) is 41.8 Å². The van der Waals surface area contributed by atoms with Crippen molar-refractivity contribution in [2.24, 2.45) is 0 Å². The Hall–Kier alpha value is -3.18. The lowest BCUT2D eigenvalue weighted by Gasteiger charge is -2.23. The van der Waals surface area contributed by atoms with Crippen LogP contribution in [0.2, 0.25) is 0 Å². The van der Waals surface area contributed by atoms with Gasteiger partial charge in [-0.05, 0) is 41.6 Å². The molecule has 0 spiro atoms. The maximum atomic E-state index is 14.4. The van der Waals surface area contributed by atoms with Crippen LogP contribution < -0.4 is 10.2 Å². The highest BCUT2D eigenvalue weighted by Crippen LogP contribution is 2.21. The molecule has 1 atom stereocenters. The summed E-state index contributed by atoms with van der Waals surface area (Å²) >= 11 is 1.45. The number of amides is 2. The first-order valence-electron chi connectivity index (χ1n) is 9.85. The van der Waals surface area contributed by atoms with E-state index in [0.29, 0.717) is 19.0 Å². The van der Waals surface area contributed by atoms with Crippen LogP contribution in [0.4, 0.5) is 10.1 Å². The van der Waals surface area contributed by atoms with Gasteiger partial charge in [0.1, 0.15) is 18.9 Å². The number of rotatable bonds is 8. The van der Waals surface area contributed by atoms with E-state index in [0.717, 1.165) is 27.4 Å². The zero-order chi connectivity index (χ0) is 21.6. The summed E-state index contributed by atoms with van der Waals surface area (Å²) in [6, 6.07) is 9.52. The van der Waals surface area contributed by atoms with Crippen LogP contribution in [0.5, 0.6) is 0 Å². The van der Waals surface area contributed by atoms with Crippen LogP contribution in [-0.4, -0.2) is 57.8 Å². The molecule has 0 bridgehead atoms. The molecule has 31 heavy (non-hydrogen) atoms. The van der Waals surface area contributed by atoms with Crippen molar-refractivity contribution in [2.75, 3.05) is 24.6 Å². The number of ether oxygens (including phenoxy) is 1. The third-order valence-electron chi connectivity index (χ3n) is 4.77. The molecule has 11 heteroatoms. The molecule has 0 unspecified atom stereocenters. The molecule has 0 saturated carbocycles. The molecule has 4 rings (SSSR count). The number of nitrogens with one attached hydrogen (secondary N) is 1. The Kier molecular flexibility index (Phi) is 6.63. The average molecular weight is 444 g/mol. The molecule has 1 saturated heterocycles. The molecule has 1 aliphatic rings. The highest BCUT2D eigenvalue weighted by atomic mass is 32.1. The van der Waals surface area contributed by atoms with Gasteiger partial charge in [0.25, 0.3) is 5.91 Å². The predicted octanol–water partition coefficient (Wildman–Crippen LogP) is 1.87. The summed E-state index contributed by atoms with van der Waals surface area (Å²) in [7, 11) is 0. The van der Waals surface area contributed by atoms with E-state index >= 15 is 0 Å². The van der Waals surface area contributed by atoms with Crippen molar-refractivity contribution in [1.29, 1.82) is 0 Å². The number of aromatic nitrogens is 4. The van der Waals surface area contributed by atoms with Gasteiger partial charge in [-0.2, -0.15) is 4.80 Å². The van der Waals surface area contributed by atoms with Crippen LogP contribution in [0, 0.1) is 5.82 Å². The van der Waals surface area contributed by atoms with Crippen molar-refractivity contribution in [1.82, 2.24) is 25.5 Å². The maximum Gasteiger partial charge on any atom is 0.251 e. The number of thiophene rings is 1. The van der Waals surface area contributed by atoms with Crippen LogP contribution in [-0.2, 0) is 20.9 Å². The maximum absolute atomic E-state index is 14.4. The van der Waals surface area contributed by atoms with Crippen molar-refractivity contribution in [3.8, 4) is 10.7 Å². The monoisotopic (exact) mass is 444 g/mol. The van der Waals surface area contributed by atoms with E-state index in [1.165, 1.54) is 29.5 Å². The number of benzene rings is 1. The number of nitrogens with zero attached hydrogens (tertiary/aromatic N) is 5. The zero-order valence-corrected chi connectivity index (χ0v) is 17.4. The minimum Gasteiger partial charge on any atom is -0.376 e. The lowest BCUT2D eigenvalue weighted by molar-refractivity contribution is -0.124. The topological polar surface area (TPSA) is 102 Å². The average Bonchev–Trinajstić information content (AvgIpc) is 3.53. The Morgan fingerprint density at radius 1 is 1.29 bits per heavy atom. The smallest absolute Gasteiger partial charge is 0.251 e. The number of hydrogen-bond donors (Lipinski definition) is 1. The Bertz CT molecular complexity index is 1040. The first-order chi connectivity index (χ1) is 15.1. The highest BCUT2D eigenvalue weighted by molar-refractivity contribution is 7.13. The Morgan fingerprint density at radius 2 is 2.16 bits per heavy atom. The molecule has 0 radical (unpaired) electrons. The summed E-state index contributed by atoms with van der Waals surface area (Å²) in [5.74, 6) is -1.14. The first-order valence-corrected chi connectivity index (χ1v) is 10.7. The molecule has 9 nitrogen and oxygen atoms in total. The fraction of sp³-hybridized carbons (Fsp3) is 0.350. The van der Waals surface area contributed by atoms with Crippen LogP contribution in [0.1, 0.15) is 12.8 Å². The number of tetrazole rings is 1. The summed E-state index contributed by atoms with van der Waals surface area (Å²) in [6.45, 7) is 0.413. The van der Waals surface area contributed by atoms with Gasteiger partial charge in [0, 0.05) is 13.2 Å². The summed E-state index contributed by atoms with van der Waals surface area (Å²) < 4.78 is 19.9. The minimum absolute atomic E-state index is 0.0124. The minimum atomic E-state index is -0.603. The van der Waals surface area contributed by atoms with Gasteiger partial charge in [-0.3, -0.25) is 14.5 Å². The van der Waals surface area contributed by atoms with Crippen molar-refractivity contribution >= 4 is 28.8 Å². The number of carbonyl (C=O) groups excluding carboxylic acids is 2. The van der Waals surface area contributed by atoms with Gasteiger partial charge in [-0.1, -0.05) is 18.2 Å². The second kappa shape index (κ2) is 9.75. The molecular weight excluding hydrogens is 423 g/mol. The van der Waals surface area contributed by atoms with Gasteiger partial charge < -0.3 is 10.1 Å². The number of hydrogen-bond acceptors (Lipinski definition) is 7. The fourth-order valence-corrected chi connectivity index (χ4v) is 3.88. The van der Waals surface area contributed by atoms with Crippen LogP contribution in [0.25, 0.3) is 10.7 Å². The molecule has 3 heterocycles. The second-order valence-corrected chi connectivity index (χ2v) is 7.94. The van der Waals surface area contributed by atoms with Crippen molar-refractivity contribution in [3.05, 3.63) is 47.6 Å². The molecule has 1 fully saturated rings. The summed E-state index contributed by atoms with van der Waals surface area (Å²) in [5.41, 5.74) is 0.0124. The van der Waals surface area contributed by atoms with Gasteiger partial charge in [0.15, 0.2) is 0 Å². The fourth-order valence-electron chi connectivity index (χ4n) is 3.23. The van der Waals surface area contributed by atoms with Crippen molar-refractivity contribution in [3.63, 3.8) is 0 Å². The molecule has 3 aromatic rings. The van der Waals surface area contributed by atoms with E-state index < -0.39 is 17.6 Å². The number of halogens is 1. The quantitative estimate of drug-likeness (QED) is 0.569. The SMILES string of the molecule is O=C(CN(C(=O)Cn1nnc(-c2cccs2)n1)c1ccccc1F)NC[C@@H]1CCCO1. The van der Waals surface area contributed by atoms with E-state index in [2.05, 4.69) is 20.7 Å². The van der Waals surface area contributed by atoms with E-state index in [-0.39, 0.29) is 24.9 Å². The number of para-hydroxylation sites is 1. The molecule has 162 valence electrons. The first kappa shape index (κ1) is 21.1. The van der Waals surface area contributed by atoms with E-state index in [4.69, 9.17) is 4.74 Å².